The lowest BCUT2D eigenvalue weighted by atomic mass is 9.96. The van der Waals surface area contributed by atoms with Crippen LogP contribution in [0.1, 0.15) is 42.9 Å². The van der Waals surface area contributed by atoms with E-state index in [0.29, 0.717) is 17.3 Å². The summed E-state index contributed by atoms with van der Waals surface area (Å²) >= 11 is 0. The fourth-order valence-electron chi connectivity index (χ4n) is 3.12. The van der Waals surface area contributed by atoms with Crippen molar-refractivity contribution >= 4 is 16.7 Å². The number of aromatic nitrogens is 2. The first-order chi connectivity index (χ1) is 12.5. The number of carbonyl (C=O) groups is 1. The van der Waals surface area contributed by atoms with E-state index in [1.807, 2.05) is 43.3 Å². The number of nitrogens with zero attached hydrogens (tertiary/aromatic N) is 2. The Kier molecular flexibility index (Phi) is 5.16. The summed E-state index contributed by atoms with van der Waals surface area (Å²) in [7, 11) is 0. The average molecular weight is 349 g/mol. The van der Waals surface area contributed by atoms with Crippen LogP contribution < -0.4 is 10.9 Å². The van der Waals surface area contributed by atoms with Crippen LogP contribution in [0.4, 0.5) is 0 Å². The molecule has 0 aliphatic rings. The van der Waals surface area contributed by atoms with E-state index in [1.165, 1.54) is 4.68 Å². The Labute approximate surface area is 152 Å². The molecule has 1 heterocycles. The Bertz CT molecular complexity index is 977. The molecule has 3 rings (SSSR count). The molecule has 134 valence electrons. The van der Waals surface area contributed by atoms with E-state index in [4.69, 9.17) is 0 Å². The summed E-state index contributed by atoms with van der Waals surface area (Å²) in [6.45, 7) is 6.38. The van der Waals surface area contributed by atoms with Crippen molar-refractivity contribution in [2.45, 2.75) is 33.4 Å². The van der Waals surface area contributed by atoms with Crippen LogP contribution >= 0.6 is 0 Å². The van der Waals surface area contributed by atoms with Gasteiger partial charge in [-0.15, -0.1) is 0 Å². The number of carbonyl (C=O) groups excluding carboxylic acids is 1. The highest BCUT2D eigenvalue weighted by molar-refractivity contribution is 6.04. The van der Waals surface area contributed by atoms with E-state index >= 15 is 0 Å². The first kappa shape index (κ1) is 17.9. The van der Waals surface area contributed by atoms with E-state index < -0.39 is 0 Å². The maximum Gasteiger partial charge on any atom is 0.274 e. The van der Waals surface area contributed by atoms with Gasteiger partial charge in [-0.1, -0.05) is 62.4 Å². The molecule has 0 bridgehead atoms. The summed E-state index contributed by atoms with van der Waals surface area (Å²) in [5.74, 6) is -0.0596. The normalized spacial score (nSPS) is 12.3. The molecule has 1 atom stereocenters. The number of hydrogen-bond donors (Lipinski definition) is 1. The van der Waals surface area contributed by atoms with Crippen LogP contribution in [-0.2, 0) is 6.54 Å². The molecule has 2 aromatic carbocycles. The molecule has 0 aliphatic carbocycles. The summed E-state index contributed by atoms with van der Waals surface area (Å²) in [4.78, 5) is 25.5. The lowest BCUT2D eigenvalue weighted by Crippen LogP contribution is -2.34. The van der Waals surface area contributed by atoms with Crippen molar-refractivity contribution in [3.05, 3.63) is 76.2 Å². The number of rotatable bonds is 5. The molecule has 5 heteroatoms. The summed E-state index contributed by atoms with van der Waals surface area (Å²) < 4.78 is 1.34. The highest BCUT2D eigenvalue weighted by atomic mass is 16.2. The maximum absolute atomic E-state index is 13.0. The molecular weight excluding hydrogens is 326 g/mol. The molecule has 0 unspecified atom stereocenters. The molecule has 5 nitrogen and oxygen atoms in total. The van der Waals surface area contributed by atoms with E-state index in [1.54, 1.807) is 18.2 Å². The predicted octanol–water partition coefficient (Wildman–Crippen LogP) is 3.54. The maximum atomic E-state index is 13.0. The van der Waals surface area contributed by atoms with Gasteiger partial charge in [-0.25, -0.2) is 4.68 Å². The Morgan fingerprint density at radius 3 is 2.27 bits per heavy atom. The van der Waals surface area contributed by atoms with Crippen LogP contribution in [-0.4, -0.2) is 15.7 Å². The van der Waals surface area contributed by atoms with Crippen molar-refractivity contribution in [2.75, 3.05) is 0 Å². The Morgan fingerprint density at radius 1 is 1.04 bits per heavy atom. The zero-order chi connectivity index (χ0) is 18.7. The minimum Gasteiger partial charge on any atom is -0.344 e. The first-order valence-corrected chi connectivity index (χ1v) is 8.88. The molecule has 26 heavy (non-hydrogen) atoms. The molecule has 1 N–H and O–H groups in total. The fraction of sp³-hybridized carbons (Fsp3) is 0.286. The van der Waals surface area contributed by atoms with Crippen molar-refractivity contribution in [2.24, 2.45) is 5.92 Å². The Hall–Kier alpha value is -2.95. The molecule has 0 aliphatic heterocycles. The van der Waals surface area contributed by atoms with E-state index in [2.05, 4.69) is 24.3 Å². The summed E-state index contributed by atoms with van der Waals surface area (Å²) in [5, 5.41) is 8.50. The molecule has 0 spiro atoms. The van der Waals surface area contributed by atoms with Gasteiger partial charge in [0, 0.05) is 11.9 Å². The zero-order valence-corrected chi connectivity index (χ0v) is 15.3. The van der Waals surface area contributed by atoms with Crippen molar-refractivity contribution < 1.29 is 4.79 Å². The lowest BCUT2D eigenvalue weighted by Gasteiger charge is -2.23. The van der Waals surface area contributed by atoms with Crippen LogP contribution in [0.2, 0.25) is 0 Å². The average Bonchev–Trinajstić information content (AvgIpc) is 2.67. The number of amides is 1. The van der Waals surface area contributed by atoms with Crippen LogP contribution in [0.3, 0.4) is 0 Å². The molecule has 0 fully saturated rings. The minimum atomic E-state index is -0.272. The molecule has 0 saturated heterocycles. The molecule has 0 saturated carbocycles. The van der Waals surface area contributed by atoms with Crippen LogP contribution in [0.5, 0.6) is 0 Å². The summed E-state index contributed by atoms with van der Waals surface area (Å²) in [6, 6.07) is 16.9. The zero-order valence-electron chi connectivity index (χ0n) is 15.3. The number of aryl methyl sites for hydroxylation is 1. The SMILES string of the molecule is CCn1nc(C(=O)N[C@@H](c2ccccc2)C(C)C)c2ccccc2c1=O. The number of benzene rings is 2. The van der Waals surface area contributed by atoms with Gasteiger partial charge in [0.1, 0.15) is 0 Å². The van der Waals surface area contributed by atoms with E-state index in [-0.39, 0.29) is 29.1 Å². The van der Waals surface area contributed by atoms with E-state index in [0.717, 1.165) is 5.56 Å². The van der Waals surface area contributed by atoms with Gasteiger partial charge >= 0.3 is 0 Å². The lowest BCUT2D eigenvalue weighted by molar-refractivity contribution is 0.0920. The molecule has 1 aromatic heterocycles. The quantitative estimate of drug-likeness (QED) is 0.766. The van der Waals surface area contributed by atoms with Crippen molar-refractivity contribution in [3.63, 3.8) is 0 Å². The third kappa shape index (κ3) is 3.38. The minimum absolute atomic E-state index is 0.133. The topological polar surface area (TPSA) is 64.0 Å². The van der Waals surface area contributed by atoms with Gasteiger partial charge in [0.25, 0.3) is 11.5 Å². The number of hydrogen-bond acceptors (Lipinski definition) is 3. The van der Waals surface area contributed by atoms with Crippen LogP contribution in [0, 0.1) is 5.92 Å². The smallest absolute Gasteiger partial charge is 0.274 e. The standard InChI is InChI=1S/C21H23N3O2/c1-4-24-21(26)17-13-9-8-12-16(17)19(23-24)20(25)22-18(14(2)3)15-10-6-5-7-11-15/h5-14,18H,4H2,1-3H3,(H,22,25)/t18-/m1/s1. The first-order valence-electron chi connectivity index (χ1n) is 8.88. The third-order valence-corrected chi connectivity index (χ3v) is 4.49. The molecule has 3 aromatic rings. The van der Waals surface area contributed by atoms with Gasteiger partial charge in [0.15, 0.2) is 5.69 Å². The highest BCUT2D eigenvalue weighted by Gasteiger charge is 2.22. The molecular formula is C21H23N3O2. The fourth-order valence-corrected chi connectivity index (χ4v) is 3.12. The highest BCUT2D eigenvalue weighted by Crippen LogP contribution is 2.22. The van der Waals surface area contributed by atoms with Crippen LogP contribution in [0.15, 0.2) is 59.4 Å². The second-order valence-corrected chi connectivity index (χ2v) is 6.62. The van der Waals surface area contributed by atoms with E-state index in [9.17, 15) is 9.59 Å². The second-order valence-electron chi connectivity index (χ2n) is 6.62. The van der Waals surface area contributed by atoms with Gasteiger partial charge in [-0.05, 0) is 24.5 Å². The van der Waals surface area contributed by atoms with Gasteiger partial charge in [0.05, 0.1) is 11.4 Å². The Balaban J connectivity index is 2.04. The van der Waals surface area contributed by atoms with Gasteiger partial charge in [0.2, 0.25) is 0 Å². The van der Waals surface area contributed by atoms with Gasteiger partial charge in [-0.2, -0.15) is 5.10 Å². The number of fused-ring (bicyclic) bond motifs is 1. The molecule has 1 amide bonds. The van der Waals surface area contributed by atoms with Gasteiger partial charge < -0.3 is 5.32 Å². The summed E-state index contributed by atoms with van der Waals surface area (Å²) in [5.41, 5.74) is 1.15. The monoisotopic (exact) mass is 349 g/mol. The van der Waals surface area contributed by atoms with Crippen molar-refractivity contribution in [1.82, 2.24) is 15.1 Å². The largest absolute Gasteiger partial charge is 0.344 e. The molecule has 0 radical (unpaired) electrons. The summed E-state index contributed by atoms with van der Waals surface area (Å²) in [6.07, 6.45) is 0. The number of nitrogens with one attached hydrogen (secondary N) is 1. The van der Waals surface area contributed by atoms with Crippen LogP contribution in [0.25, 0.3) is 10.8 Å². The second kappa shape index (κ2) is 7.52. The van der Waals surface area contributed by atoms with Crippen molar-refractivity contribution in [1.29, 1.82) is 0 Å². The van der Waals surface area contributed by atoms with Gasteiger partial charge in [-0.3, -0.25) is 9.59 Å². The predicted molar refractivity (Wildman–Crippen MR) is 103 cm³/mol. The third-order valence-electron chi connectivity index (χ3n) is 4.49. The van der Waals surface area contributed by atoms with Crippen molar-refractivity contribution in [3.8, 4) is 0 Å². The Morgan fingerprint density at radius 2 is 1.65 bits per heavy atom.